The monoisotopic (exact) mass is 350 g/mol. The number of aromatic nitrogens is 2. The highest BCUT2D eigenvalue weighted by Crippen LogP contribution is 2.24. The van der Waals surface area contributed by atoms with E-state index < -0.39 is 10.0 Å². The maximum atomic E-state index is 12.8. The lowest BCUT2D eigenvalue weighted by atomic mass is 10.3. The molecule has 1 aromatic heterocycles. The van der Waals surface area contributed by atoms with Crippen LogP contribution in [0, 0.1) is 0 Å². The number of rotatable bonds is 3. The van der Waals surface area contributed by atoms with Gasteiger partial charge in [-0.1, -0.05) is 46.3 Å². The van der Waals surface area contributed by atoms with Gasteiger partial charge in [0, 0.05) is 0 Å². The molecule has 4 nitrogen and oxygen atoms in total. The SMILES string of the molecule is O=S(=O)(c1ccccc1)n1c(CBr)nc2ccccc21. The fourth-order valence-electron chi connectivity index (χ4n) is 2.10. The van der Waals surface area contributed by atoms with E-state index in [4.69, 9.17) is 0 Å². The minimum absolute atomic E-state index is 0.255. The molecule has 1 heterocycles. The Kier molecular flexibility index (Phi) is 3.35. The van der Waals surface area contributed by atoms with Gasteiger partial charge >= 0.3 is 0 Å². The van der Waals surface area contributed by atoms with Crippen LogP contribution in [0.25, 0.3) is 11.0 Å². The van der Waals surface area contributed by atoms with Crippen molar-refractivity contribution in [3.8, 4) is 0 Å². The van der Waals surface area contributed by atoms with Crippen molar-refractivity contribution in [3.63, 3.8) is 0 Å². The summed E-state index contributed by atoms with van der Waals surface area (Å²) >= 11 is 3.30. The third-order valence-electron chi connectivity index (χ3n) is 2.99. The molecule has 0 atom stereocenters. The molecule has 0 amide bonds. The number of hydrogen-bond acceptors (Lipinski definition) is 3. The Bertz CT molecular complexity index is 857. The summed E-state index contributed by atoms with van der Waals surface area (Å²) in [4.78, 5) is 4.61. The number of nitrogens with zero attached hydrogens (tertiary/aromatic N) is 2. The third kappa shape index (κ3) is 2.05. The molecule has 0 unspecified atom stereocenters. The zero-order chi connectivity index (χ0) is 14.2. The Balaban J connectivity index is 2.34. The van der Waals surface area contributed by atoms with Gasteiger partial charge in [0.15, 0.2) is 0 Å². The Morgan fingerprint density at radius 1 is 1.00 bits per heavy atom. The van der Waals surface area contributed by atoms with Gasteiger partial charge in [0.25, 0.3) is 10.0 Å². The fraction of sp³-hybridized carbons (Fsp3) is 0.0714. The van der Waals surface area contributed by atoms with E-state index in [-0.39, 0.29) is 4.90 Å². The molecule has 0 saturated heterocycles. The highest BCUT2D eigenvalue weighted by molar-refractivity contribution is 9.08. The molecule has 0 aliphatic heterocycles. The van der Waals surface area contributed by atoms with Crippen LogP contribution >= 0.6 is 15.9 Å². The molecule has 3 aromatic rings. The zero-order valence-corrected chi connectivity index (χ0v) is 12.8. The van der Waals surface area contributed by atoms with Gasteiger partial charge in [-0.25, -0.2) is 17.4 Å². The van der Waals surface area contributed by atoms with E-state index in [1.165, 1.54) is 3.97 Å². The molecule has 3 rings (SSSR count). The van der Waals surface area contributed by atoms with Crippen LogP contribution in [0.3, 0.4) is 0 Å². The molecule has 0 fully saturated rings. The van der Waals surface area contributed by atoms with Crippen LogP contribution in [0.1, 0.15) is 5.82 Å². The Hall–Kier alpha value is -1.66. The molecule has 0 aliphatic rings. The standard InChI is InChI=1S/C14H11BrN2O2S/c15-10-14-16-12-8-4-5-9-13(12)17(14)20(18,19)11-6-2-1-3-7-11/h1-9H,10H2. The number of alkyl halides is 1. The van der Waals surface area contributed by atoms with Crippen LogP contribution in [0.15, 0.2) is 59.5 Å². The van der Waals surface area contributed by atoms with E-state index >= 15 is 0 Å². The number of halogens is 1. The predicted octanol–water partition coefficient (Wildman–Crippen LogP) is 3.17. The molecule has 20 heavy (non-hydrogen) atoms. The van der Waals surface area contributed by atoms with Crippen molar-refractivity contribution in [3.05, 3.63) is 60.4 Å². The number of fused-ring (bicyclic) bond motifs is 1. The van der Waals surface area contributed by atoms with Gasteiger partial charge in [0.2, 0.25) is 0 Å². The lowest BCUT2D eigenvalue weighted by molar-refractivity contribution is 0.587. The first-order chi connectivity index (χ1) is 9.64. The van der Waals surface area contributed by atoms with Crippen LogP contribution in [-0.2, 0) is 15.4 Å². The summed E-state index contributed by atoms with van der Waals surface area (Å²) in [6, 6.07) is 15.6. The first-order valence-electron chi connectivity index (χ1n) is 5.97. The van der Waals surface area contributed by atoms with Crippen LogP contribution < -0.4 is 0 Å². The van der Waals surface area contributed by atoms with Crippen molar-refractivity contribution in [2.24, 2.45) is 0 Å². The van der Waals surface area contributed by atoms with Gasteiger partial charge in [-0.05, 0) is 24.3 Å². The molecular weight excluding hydrogens is 340 g/mol. The van der Waals surface area contributed by atoms with E-state index in [1.54, 1.807) is 48.5 Å². The molecule has 0 spiro atoms. The van der Waals surface area contributed by atoms with Crippen molar-refractivity contribution < 1.29 is 8.42 Å². The molecule has 0 bridgehead atoms. The zero-order valence-electron chi connectivity index (χ0n) is 10.4. The minimum atomic E-state index is -3.64. The molecular formula is C14H11BrN2O2S. The second-order valence-electron chi connectivity index (χ2n) is 4.23. The van der Waals surface area contributed by atoms with Gasteiger partial charge in [-0.3, -0.25) is 0 Å². The molecule has 2 aromatic carbocycles. The fourth-order valence-corrected chi connectivity index (χ4v) is 4.15. The average Bonchev–Trinajstić information content (AvgIpc) is 2.87. The van der Waals surface area contributed by atoms with Gasteiger partial charge < -0.3 is 0 Å². The topological polar surface area (TPSA) is 52.0 Å². The summed E-state index contributed by atoms with van der Waals surface area (Å²) < 4.78 is 26.9. The van der Waals surface area contributed by atoms with Crippen molar-refractivity contribution in [1.82, 2.24) is 8.96 Å². The van der Waals surface area contributed by atoms with Gasteiger partial charge in [0.1, 0.15) is 5.82 Å². The molecule has 102 valence electrons. The second-order valence-corrected chi connectivity index (χ2v) is 6.58. The summed E-state index contributed by atoms with van der Waals surface area (Å²) in [5.41, 5.74) is 1.26. The molecule has 0 aliphatic carbocycles. The van der Waals surface area contributed by atoms with Crippen LogP contribution in [0.5, 0.6) is 0 Å². The Labute approximate surface area is 125 Å². The van der Waals surface area contributed by atoms with Crippen molar-refractivity contribution in [1.29, 1.82) is 0 Å². The molecule has 0 saturated carbocycles. The number of para-hydroxylation sites is 2. The number of benzene rings is 2. The highest BCUT2D eigenvalue weighted by Gasteiger charge is 2.23. The van der Waals surface area contributed by atoms with E-state index in [0.717, 1.165) is 0 Å². The lowest BCUT2D eigenvalue weighted by Gasteiger charge is -2.09. The predicted molar refractivity (Wildman–Crippen MR) is 81.4 cm³/mol. The van der Waals surface area contributed by atoms with E-state index in [9.17, 15) is 8.42 Å². The summed E-state index contributed by atoms with van der Waals surface area (Å²) in [6.45, 7) is 0. The second kappa shape index (κ2) is 5.03. The molecule has 0 N–H and O–H groups in total. The van der Waals surface area contributed by atoms with E-state index in [2.05, 4.69) is 20.9 Å². The van der Waals surface area contributed by atoms with E-state index in [0.29, 0.717) is 22.2 Å². The van der Waals surface area contributed by atoms with Crippen molar-refractivity contribution >= 4 is 37.0 Å². The average molecular weight is 351 g/mol. The molecule has 0 radical (unpaired) electrons. The summed E-state index contributed by atoms with van der Waals surface area (Å²) in [7, 11) is -3.64. The Morgan fingerprint density at radius 3 is 2.35 bits per heavy atom. The van der Waals surface area contributed by atoms with Crippen molar-refractivity contribution in [2.45, 2.75) is 10.2 Å². The van der Waals surface area contributed by atoms with Crippen LogP contribution in [-0.4, -0.2) is 17.4 Å². The third-order valence-corrected chi connectivity index (χ3v) is 5.24. The number of imidazole rings is 1. The number of hydrogen-bond donors (Lipinski definition) is 0. The largest absolute Gasteiger partial charge is 0.269 e. The van der Waals surface area contributed by atoms with Crippen LogP contribution in [0.4, 0.5) is 0 Å². The summed E-state index contributed by atoms with van der Waals surface area (Å²) in [5, 5.41) is 0.369. The minimum Gasteiger partial charge on any atom is -0.231 e. The quantitative estimate of drug-likeness (QED) is 0.681. The normalized spacial score (nSPS) is 11.8. The van der Waals surface area contributed by atoms with Crippen LogP contribution in [0.2, 0.25) is 0 Å². The first kappa shape index (κ1) is 13.3. The van der Waals surface area contributed by atoms with Gasteiger partial charge in [-0.15, -0.1) is 0 Å². The lowest BCUT2D eigenvalue weighted by Crippen LogP contribution is -2.15. The van der Waals surface area contributed by atoms with Crippen molar-refractivity contribution in [2.75, 3.05) is 0 Å². The summed E-state index contributed by atoms with van der Waals surface area (Å²) in [6.07, 6.45) is 0. The first-order valence-corrected chi connectivity index (χ1v) is 8.53. The van der Waals surface area contributed by atoms with E-state index in [1.807, 2.05) is 6.07 Å². The maximum absolute atomic E-state index is 12.8. The Morgan fingerprint density at radius 2 is 1.65 bits per heavy atom. The van der Waals surface area contributed by atoms with Gasteiger partial charge in [0.05, 0.1) is 21.3 Å². The maximum Gasteiger partial charge on any atom is 0.269 e. The van der Waals surface area contributed by atoms with Gasteiger partial charge in [-0.2, -0.15) is 0 Å². The highest BCUT2D eigenvalue weighted by atomic mass is 79.9. The summed E-state index contributed by atoms with van der Waals surface area (Å²) in [5.74, 6) is 0.468. The smallest absolute Gasteiger partial charge is 0.231 e. The molecule has 6 heteroatoms.